The number of hydrogen-bond donors (Lipinski definition) is 0. The molecular formula is C19H17N5O4. The summed E-state index contributed by atoms with van der Waals surface area (Å²) < 4.78 is 12.0. The van der Waals surface area contributed by atoms with Crippen LogP contribution in [0.25, 0.3) is 17.2 Å². The van der Waals surface area contributed by atoms with Crippen molar-refractivity contribution in [2.45, 2.75) is 25.3 Å². The van der Waals surface area contributed by atoms with Gasteiger partial charge in [0.25, 0.3) is 5.91 Å². The standard InChI is InChI=1S/C19H17N5O4/c1-23-8-13-15(16-21-17(28-22-16)10-6-7-10)20-9-24(13)12-5-3-4-11(19(26)27-2)14(12)18(23)25/h3-5,9-10H,6-8H2,1-2H3. The number of carbonyl (C=O) groups is 2. The van der Waals surface area contributed by atoms with Gasteiger partial charge < -0.3 is 14.2 Å². The summed E-state index contributed by atoms with van der Waals surface area (Å²) >= 11 is 0. The number of rotatable bonds is 3. The molecule has 0 saturated heterocycles. The molecule has 0 N–H and O–H groups in total. The number of aromatic nitrogens is 4. The highest BCUT2D eigenvalue weighted by Crippen LogP contribution is 2.40. The van der Waals surface area contributed by atoms with Crippen LogP contribution in [0.1, 0.15) is 51.1 Å². The zero-order valence-electron chi connectivity index (χ0n) is 15.4. The van der Waals surface area contributed by atoms with Crippen molar-refractivity contribution in [3.8, 4) is 17.2 Å². The van der Waals surface area contributed by atoms with Crippen LogP contribution in [0, 0.1) is 0 Å². The van der Waals surface area contributed by atoms with E-state index in [2.05, 4.69) is 15.1 Å². The number of amides is 1. The van der Waals surface area contributed by atoms with Crippen LogP contribution in [0.5, 0.6) is 0 Å². The zero-order chi connectivity index (χ0) is 19.4. The number of nitrogens with zero attached hydrogens (tertiary/aromatic N) is 5. The lowest BCUT2D eigenvalue weighted by Gasteiger charge is -2.15. The monoisotopic (exact) mass is 379 g/mol. The molecule has 1 aromatic carbocycles. The van der Waals surface area contributed by atoms with Gasteiger partial charge in [0.2, 0.25) is 11.7 Å². The smallest absolute Gasteiger partial charge is 0.338 e. The fourth-order valence-corrected chi connectivity index (χ4v) is 3.48. The van der Waals surface area contributed by atoms with E-state index in [0.717, 1.165) is 18.5 Å². The van der Waals surface area contributed by atoms with Gasteiger partial charge in [-0.15, -0.1) is 0 Å². The molecule has 5 rings (SSSR count). The van der Waals surface area contributed by atoms with E-state index in [9.17, 15) is 9.59 Å². The quantitative estimate of drug-likeness (QED) is 0.643. The highest BCUT2D eigenvalue weighted by Gasteiger charge is 2.33. The van der Waals surface area contributed by atoms with Gasteiger partial charge in [0, 0.05) is 13.0 Å². The molecule has 1 fully saturated rings. The third kappa shape index (κ3) is 2.43. The lowest BCUT2D eigenvalue weighted by molar-refractivity contribution is 0.0592. The second kappa shape index (κ2) is 6.01. The molecule has 142 valence electrons. The summed E-state index contributed by atoms with van der Waals surface area (Å²) in [6.07, 6.45) is 3.73. The van der Waals surface area contributed by atoms with Crippen molar-refractivity contribution in [2.24, 2.45) is 0 Å². The van der Waals surface area contributed by atoms with Crippen LogP contribution in [-0.4, -0.2) is 50.6 Å². The van der Waals surface area contributed by atoms with Crippen molar-refractivity contribution in [3.63, 3.8) is 0 Å². The summed E-state index contributed by atoms with van der Waals surface area (Å²) in [5.41, 5.74) is 2.38. The number of imidazole rings is 1. The molecule has 9 heteroatoms. The zero-order valence-corrected chi connectivity index (χ0v) is 15.4. The number of hydrogen-bond acceptors (Lipinski definition) is 7. The minimum absolute atomic E-state index is 0.218. The van der Waals surface area contributed by atoms with Crippen molar-refractivity contribution in [1.29, 1.82) is 0 Å². The molecule has 0 spiro atoms. The largest absolute Gasteiger partial charge is 0.465 e. The molecule has 2 aromatic heterocycles. The predicted molar refractivity (Wildman–Crippen MR) is 96.0 cm³/mol. The van der Waals surface area contributed by atoms with E-state index >= 15 is 0 Å². The van der Waals surface area contributed by atoms with Crippen LogP contribution < -0.4 is 0 Å². The lowest BCUT2D eigenvalue weighted by atomic mass is 10.0. The minimum atomic E-state index is -0.561. The summed E-state index contributed by atoms with van der Waals surface area (Å²) in [5, 5.41) is 4.08. The van der Waals surface area contributed by atoms with Crippen LogP contribution in [0.15, 0.2) is 29.0 Å². The molecule has 2 aliphatic rings. The Labute approximate surface area is 159 Å². The average Bonchev–Trinajstić information content (AvgIpc) is 3.33. The summed E-state index contributed by atoms with van der Waals surface area (Å²) in [6, 6.07) is 5.08. The molecular weight excluding hydrogens is 362 g/mol. The fourth-order valence-electron chi connectivity index (χ4n) is 3.48. The Morgan fingerprint density at radius 3 is 2.89 bits per heavy atom. The number of esters is 1. The van der Waals surface area contributed by atoms with Crippen molar-refractivity contribution >= 4 is 11.9 Å². The Morgan fingerprint density at radius 1 is 1.32 bits per heavy atom. The minimum Gasteiger partial charge on any atom is -0.465 e. The van der Waals surface area contributed by atoms with Gasteiger partial charge in [0.15, 0.2) is 0 Å². The molecule has 3 heterocycles. The molecule has 0 radical (unpaired) electrons. The van der Waals surface area contributed by atoms with Crippen molar-refractivity contribution in [1.82, 2.24) is 24.6 Å². The van der Waals surface area contributed by atoms with Gasteiger partial charge >= 0.3 is 5.97 Å². The SMILES string of the molecule is COC(=O)c1cccc2c1C(=O)N(C)Cc1c(-c3noc(C4CC4)n3)ncn1-2. The molecule has 1 aliphatic carbocycles. The first-order valence-electron chi connectivity index (χ1n) is 8.96. The summed E-state index contributed by atoms with van der Waals surface area (Å²) in [7, 11) is 2.97. The molecule has 0 atom stereocenters. The van der Waals surface area contributed by atoms with Crippen molar-refractivity contribution in [3.05, 3.63) is 47.2 Å². The number of carbonyl (C=O) groups excluding carboxylic acids is 2. The Morgan fingerprint density at radius 2 is 2.14 bits per heavy atom. The summed E-state index contributed by atoms with van der Waals surface area (Å²) in [5.74, 6) is 0.550. The normalized spacial score (nSPS) is 15.8. The molecule has 9 nitrogen and oxygen atoms in total. The van der Waals surface area contributed by atoms with Gasteiger partial charge in [-0.1, -0.05) is 11.2 Å². The van der Waals surface area contributed by atoms with Crippen molar-refractivity contribution in [2.75, 3.05) is 14.2 Å². The average molecular weight is 379 g/mol. The molecule has 1 aliphatic heterocycles. The Bertz CT molecular complexity index is 1110. The Balaban J connectivity index is 1.68. The lowest BCUT2D eigenvalue weighted by Crippen LogP contribution is -2.27. The molecule has 3 aromatic rings. The van der Waals surface area contributed by atoms with Crippen LogP contribution in [0.3, 0.4) is 0 Å². The molecule has 1 amide bonds. The van der Waals surface area contributed by atoms with E-state index < -0.39 is 5.97 Å². The maximum absolute atomic E-state index is 13.0. The third-order valence-corrected chi connectivity index (χ3v) is 5.10. The van der Waals surface area contributed by atoms with Crippen LogP contribution in [-0.2, 0) is 11.3 Å². The van der Waals surface area contributed by atoms with E-state index in [4.69, 9.17) is 9.26 Å². The number of methoxy groups -OCH3 is 1. The van der Waals surface area contributed by atoms with Gasteiger partial charge in [-0.25, -0.2) is 9.78 Å². The molecule has 1 saturated carbocycles. The van der Waals surface area contributed by atoms with E-state index in [1.807, 2.05) is 0 Å². The fraction of sp³-hybridized carbons (Fsp3) is 0.316. The molecule has 28 heavy (non-hydrogen) atoms. The van der Waals surface area contributed by atoms with Gasteiger partial charge in [0.1, 0.15) is 12.0 Å². The second-order valence-electron chi connectivity index (χ2n) is 6.99. The first-order valence-corrected chi connectivity index (χ1v) is 8.96. The van der Waals surface area contributed by atoms with Gasteiger partial charge in [-0.2, -0.15) is 4.98 Å². The van der Waals surface area contributed by atoms with Crippen LogP contribution in [0.2, 0.25) is 0 Å². The van der Waals surface area contributed by atoms with E-state index in [0.29, 0.717) is 29.0 Å². The number of ether oxygens (including phenoxy) is 1. The first kappa shape index (κ1) is 16.7. The topological polar surface area (TPSA) is 103 Å². The second-order valence-corrected chi connectivity index (χ2v) is 6.99. The Kier molecular flexibility index (Phi) is 3.58. The summed E-state index contributed by atoms with van der Waals surface area (Å²) in [4.78, 5) is 35.7. The van der Waals surface area contributed by atoms with E-state index in [1.54, 1.807) is 36.1 Å². The third-order valence-electron chi connectivity index (χ3n) is 5.10. The van der Waals surface area contributed by atoms with E-state index in [1.165, 1.54) is 12.0 Å². The molecule has 0 unspecified atom stereocenters. The van der Waals surface area contributed by atoms with Crippen LogP contribution in [0.4, 0.5) is 0 Å². The van der Waals surface area contributed by atoms with Gasteiger partial charge in [0.05, 0.1) is 36.2 Å². The van der Waals surface area contributed by atoms with Gasteiger partial charge in [-0.05, 0) is 25.0 Å². The van der Waals surface area contributed by atoms with Gasteiger partial charge in [-0.3, -0.25) is 9.36 Å². The maximum Gasteiger partial charge on any atom is 0.338 e. The first-order chi connectivity index (χ1) is 13.6. The molecule has 0 bridgehead atoms. The highest BCUT2D eigenvalue weighted by atomic mass is 16.5. The maximum atomic E-state index is 13.0. The van der Waals surface area contributed by atoms with E-state index in [-0.39, 0.29) is 23.6 Å². The predicted octanol–water partition coefficient (Wildman–Crippen LogP) is 2.17. The summed E-state index contributed by atoms with van der Waals surface area (Å²) in [6.45, 7) is 0.288. The number of fused-ring (bicyclic) bond motifs is 3. The Hall–Kier alpha value is -3.49. The highest BCUT2D eigenvalue weighted by molar-refractivity contribution is 6.08. The number of benzene rings is 1. The van der Waals surface area contributed by atoms with Crippen LogP contribution >= 0.6 is 0 Å². The van der Waals surface area contributed by atoms with Crippen molar-refractivity contribution < 1.29 is 18.8 Å².